The Bertz CT molecular complexity index is 1180. The van der Waals surface area contributed by atoms with Crippen LogP contribution in [-0.4, -0.2) is 57.2 Å². The molecular formula is C24H26F2N2O9. The number of benzene rings is 1. The fourth-order valence-corrected chi connectivity index (χ4v) is 2.36. The Kier molecular flexibility index (Phi) is 10.7. The lowest BCUT2D eigenvalue weighted by molar-refractivity contribution is -0.162. The van der Waals surface area contributed by atoms with Crippen LogP contribution in [0, 0.1) is 0 Å². The standard InChI is InChI=1S/C21H22N2O7.C3H4F2O2/c1-11(19(25)23-18(13(3)24)20(26)27)10-16-8-9-17(29-16)21(28)30-15-6-4-14(5-7-15)12(2)22;1-3(4,5)2(6)7/h4-10,13,18,24H,2,22H2,1,3H3,(H,23,25)(H,26,27);1H3,(H,6,7)/b11-10+;. The van der Waals surface area contributed by atoms with E-state index in [1.807, 2.05) is 0 Å². The first kappa shape index (κ1) is 30.5. The molecule has 0 aliphatic rings. The maximum atomic E-state index is 12.2. The number of hydrogen-bond acceptors (Lipinski definition) is 8. The van der Waals surface area contributed by atoms with E-state index in [4.69, 9.17) is 25.1 Å². The van der Waals surface area contributed by atoms with Crippen molar-refractivity contribution in [2.45, 2.75) is 38.8 Å². The minimum Gasteiger partial charge on any atom is -0.480 e. The number of furan rings is 1. The number of aliphatic carboxylic acids is 2. The van der Waals surface area contributed by atoms with E-state index in [2.05, 4.69) is 11.9 Å². The van der Waals surface area contributed by atoms with Gasteiger partial charge in [0.05, 0.1) is 6.10 Å². The largest absolute Gasteiger partial charge is 0.480 e. The zero-order valence-corrected chi connectivity index (χ0v) is 20.0. The van der Waals surface area contributed by atoms with Crippen molar-refractivity contribution in [2.24, 2.45) is 5.73 Å². The van der Waals surface area contributed by atoms with Gasteiger partial charge in [-0.05, 0) is 61.9 Å². The second kappa shape index (κ2) is 13.0. The van der Waals surface area contributed by atoms with Crippen molar-refractivity contribution in [1.29, 1.82) is 0 Å². The molecule has 37 heavy (non-hydrogen) atoms. The Morgan fingerprint density at radius 3 is 2.11 bits per heavy atom. The summed E-state index contributed by atoms with van der Waals surface area (Å²) in [5.41, 5.74) is 6.79. The molecule has 1 aromatic heterocycles. The van der Waals surface area contributed by atoms with Crippen molar-refractivity contribution in [2.75, 3.05) is 0 Å². The van der Waals surface area contributed by atoms with Gasteiger partial charge in [0.2, 0.25) is 11.7 Å². The minimum atomic E-state index is -3.58. The lowest BCUT2D eigenvalue weighted by atomic mass is 10.1. The van der Waals surface area contributed by atoms with Crippen molar-refractivity contribution in [1.82, 2.24) is 5.32 Å². The zero-order valence-electron chi connectivity index (χ0n) is 20.0. The third kappa shape index (κ3) is 9.93. The number of ether oxygens (including phenoxy) is 1. The van der Waals surface area contributed by atoms with Crippen LogP contribution >= 0.6 is 0 Å². The van der Waals surface area contributed by atoms with E-state index in [1.165, 1.54) is 32.1 Å². The molecule has 6 N–H and O–H groups in total. The summed E-state index contributed by atoms with van der Waals surface area (Å²) in [6.07, 6.45) is 0.0514. The molecule has 0 bridgehead atoms. The first-order valence-corrected chi connectivity index (χ1v) is 10.4. The maximum absolute atomic E-state index is 12.2. The molecule has 0 aliphatic heterocycles. The molecule has 2 aromatic rings. The van der Waals surface area contributed by atoms with Crippen molar-refractivity contribution in [3.05, 3.63) is 65.6 Å². The van der Waals surface area contributed by atoms with Crippen LogP contribution in [0.25, 0.3) is 11.8 Å². The Morgan fingerprint density at radius 1 is 1.14 bits per heavy atom. The summed E-state index contributed by atoms with van der Waals surface area (Å²) in [4.78, 5) is 44.7. The summed E-state index contributed by atoms with van der Waals surface area (Å²) in [6, 6.07) is 7.81. The van der Waals surface area contributed by atoms with Gasteiger partial charge in [-0.3, -0.25) is 4.79 Å². The summed E-state index contributed by atoms with van der Waals surface area (Å²) < 4.78 is 33.1. The molecule has 0 saturated carbocycles. The fraction of sp³-hybridized carbons (Fsp3) is 0.250. The minimum absolute atomic E-state index is 0.0887. The highest BCUT2D eigenvalue weighted by atomic mass is 19.3. The molecule has 2 unspecified atom stereocenters. The highest BCUT2D eigenvalue weighted by molar-refractivity contribution is 5.99. The Labute approximate surface area is 209 Å². The molecule has 0 radical (unpaired) electrons. The van der Waals surface area contributed by atoms with E-state index in [0.29, 0.717) is 18.2 Å². The quantitative estimate of drug-likeness (QED) is 0.185. The molecule has 2 atom stereocenters. The van der Waals surface area contributed by atoms with Gasteiger partial charge in [-0.15, -0.1) is 0 Å². The fourth-order valence-electron chi connectivity index (χ4n) is 2.36. The van der Waals surface area contributed by atoms with Crippen LogP contribution in [0.15, 0.2) is 53.0 Å². The van der Waals surface area contributed by atoms with E-state index in [-0.39, 0.29) is 22.8 Å². The van der Waals surface area contributed by atoms with Crippen LogP contribution in [0.4, 0.5) is 8.78 Å². The number of nitrogens with one attached hydrogen (secondary N) is 1. The number of aliphatic hydroxyl groups excluding tert-OH is 1. The number of aliphatic hydroxyl groups is 1. The van der Waals surface area contributed by atoms with Crippen molar-refractivity contribution in [3.8, 4) is 5.75 Å². The Morgan fingerprint density at radius 2 is 1.68 bits per heavy atom. The number of esters is 1. The number of carboxylic acid groups (broad SMARTS) is 2. The normalized spacial score (nSPS) is 12.9. The van der Waals surface area contributed by atoms with Gasteiger partial charge in [0.15, 0.2) is 6.04 Å². The number of hydrogen-bond donors (Lipinski definition) is 5. The van der Waals surface area contributed by atoms with Crippen LogP contribution in [0.2, 0.25) is 0 Å². The molecule has 13 heteroatoms. The van der Waals surface area contributed by atoms with E-state index in [0.717, 1.165) is 0 Å². The molecule has 0 fully saturated rings. The van der Waals surface area contributed by atoms with Crippen LogP contribution < -0.4 is 15.8 Å². The number of carbonyl (C=O) groups is 4. The number of alkyl halides is 2. The summed E-state index contributed by atoms with van der Waals surface area (Å²) in [5, 5.41) is 28.2. The predicted octanol–water partition coefficient (Wildman–Crippen LogP) is 2.51. The molecule has 11 nitrogen and oxygen atoms in total. The molecule has 1 amide bonds. The number of halogens is 2. The number of nitrogens with two attached hydrogens (primary N) is 1. The predicted molar refractivity (Wildman–Crippen MR) is 126 cm³/mol. The van der Waals surface area contributed by atoms with E-state index >= 15 is 0 Å². The Balaban J connectivity index is 0.000000856. The van der Waals surface area contributed by atoms with Crippen molar-refractivity contribution < 1.29 is 52.4 Å². The van der Waals surface area contributed by atoms with Crippen LogP contribution in [0.3, 0.4) is 0 Å². The third-order valence-corrected chi connectivity index (χ3v) is 4.39. The third-order valence-electron chi connectivity index (χ3n) is 4.39. The molecule has 1 aromatic carbocycles. The number of carboxylic acids is 2. The second-order valence-corrected chi connectivity index (χ2v) is 7.69. The summed E-state index contributed by atoms with van der Waals surface area (Å²) >= 11 is 0. The molecule has 0 spiro atoms. The van der Waals surface area contributed by atoms with E-state index in [9.17, 15) is 33.1 Å². The van der Waals surface area contributed by atoms with Crippen LogP contribution in [0.5, 0.6) is 5.75 Å². The molecule has 2 rings (SSSR count). The average Bonchev–Trinajstić information content (AvgIpc) is 3.25. The number of rotatable bonds is 9. The van der Waals surface area contributed by atoms with Crippen molar-refractivity contribution in [3.63, 3.8) is 0 Å². The molecule has 1 heterocycles. The smallest absolute Gasteiger partial charge is 0.379 e. The maximum Gasteiger partial charge on any atom is 0.379 e. The molecule has 0 saturated heterocycles. The molecule has 200 valence electrons. The number of carbonyl (C=O) groups excluding carboxylic acids is 2. The van der Waals surface area contributed by atoms with Gasteiger partial charge in [0.1, 0.15) is 11.5 Å². The van der Waals surface area contributed by atoms with Crippen molar-refractivity contribution >= 4 is 35.6 Å². The van der Waals surface area contributed by atoms with Gasteiger partial charge in [0.25, 0.3) is 0 Å². The monoisotopic (exact) mass is 524 g/mol. The Hall–Kier alpha value is -4.52. The SMILES string of the molecule is C=C(N)c1ccc(OC(=O)c2ccc(/C=C(\C)C(=O)NC(C(=O)O)C(C)O)o2)cc1.CC(F)(F)C(=O)O. The first-order chi connectivity index (χ1) is 17.0. The number of amides is 1. The summed E-state index contributed by atoms with van der Waals surface area (Å²) in [5.74, 6) is -8.10. The molecule has 0 aliphatic carbocycles. The second-order valence-electron chi connectivity index (χ2n) is 7.69. The van der Waals surface area contributed by atoms with Crippen LogP contribution in [0.1, 0.15) is 42.6 Å². The van der Waals surface area contributed by atoms with Gasteiger partial charge in [-0.1, -0.05) is 6.58 Å². The van der Waals surface area contributed by atoms with Gasteiger partial charge in [-0.25, -0.2) is 14.4 Å². The lowest BCUT2D eigenvalue weighted by Crippen LogP contribution is -2.47. The average molecular weight is 524 g/mol. The highest BCUT2D eigenvalue weighted by Crippen LogP contribution is 2.18. The lowest BCUT2D eigenvalue weighted by Gasteiger charge is -2.17. The van der Waals surface area contributed by atoms with Gasteiger partial charge >= 0.3 is 23.8 Å². The summed E-state index contributed by atoms with van der Waals surface area (Å²) in [6.45, 7) is 6.63. The summed E-state index contributed by atoms with van der Waals surface area (Å²) in [7, 11) is 0. The topological polar surface area (TPSA) is 189 Å². The zero-order chi connectivity index (χ0) is 28.5. The van der Waals surface area contributed by atoms with Gasteiger partial charge < -0.3 is 35.5 Å². The van der Waals surface area contributed by atoms with Gasteiger partial charge in [-0.2, -0.15) is 8.78 Å². The molecular weight excluding hydrogens is 498 g/mol. The van der Waals surface area contributed by atoms with Gasteiger partial charge in [0, 0.05) is 18.2 Å². The highest BCUT2D eigenvalue weighted by Gasteiger charge is 2.31. The first-order valence-electron chi connectivity index (χ1n) is 10.4. The van der Waals surface area contributed by atoms with Crippen LogP contribution in [-0.2, 0) is 14.4 Å². The van der Waals surface area contributed by atoms with E-state index in [1.54, 1.807) is 24.3 Å². The van der Waals surface area contributed by atoms with E-state index < -0.39 is 41.9 Å².